The standard InChI is InChI=1S/C9H7F2NO5/c1-16-8(13)6-4-5(12(14)15)2-3-7(6)17-9(10)11/h2-4,9H,1H3. The largest absolute Gasteiger partial charge is 0.465 e. The number of halogens is 2. The summed E-state index contributed by atoms with van der Waals surface area (Å²) in [6.45, 7) is -3.14. The average molecular weight is 247 g/mol. The van der Waals surface area contributed by atoms with Crippen molar-refractivity contribution in [1.29, 1.82) is 0 Å². The SMILES string of the molecule is COC(=O)c1cc([N+](=O)[O-])ccc1OC(F)F. The number of nitro groups is 1. The molecular weight excluding hydrogens is 240 g/mol. The summed E-state index contributed by atoms with van der Waals surface area (Å²) in [7, 11) is 1.02. The molecule has 1 aromatic carbocycles. The van der Waals surface area contributed by atoms with Crippen molar-refractivity contribution >= 4 is 11.7 Å². The fraction of sp³-hybridized carbons (Fsp3) is 0.222. The highest BCUT2D eigenvalue weighted by molar-refractivity contribution is 5.93. The summed E-state index contributed by atoms with van der Waals surface area (Å²) in [4.78, 5) is 20.9. The van der Waals surface area contributed by atoms with E-state index in [4.69, 9.17) is 0 Å². The number of non-ortho nitro benzene ring substituents is 1. The second-order valence-electron chi connectivity index (χ2n) is 2.81. The summed E-state index contributed by atoms with van der Waals surface area (Å²) >= 11 is 0. The second-order valence-corrected chi connectivity index (χ2v) is 2.81. The third-order valence-electron chi connectivity index (χ3n) is 1.80. The number of hydrogen-bond donors (Lipinski definition) is 0. The molecule has 1 rings (SSSR count). The van der Waals surface area contributed by atoms with E-state index in [-0.39, 0.29) is 0 Å². The van der Waals surface area contributed by atoms with E-state index in [1.54, 1.807) is 0 Å². The van der Waals surface area contributed by atoms with Gasteiger partial charge in [0.15, 0.2) is 0 Å². The molecule has 0 aliphatic heterocycles. The minimum Gasteiger partial charge on any atom is -0.465 e. The van der Waals surface area contributed by atoms with E-state index in [1.165, 1.54) is 0 Å². The first kappa shape index (κ1) is 12.8. The van der Waals surface area contributed by atoms with E-state index in [9.17, 15) is 23.7 Å². The van der Waals surface area contributed by atoms with Crippen molar-refractivity contribution in [3.63, 3.8) is 0 Å². The number of carbonyl (C=O) groups is 1. The van der Waals surface area contributed by atoms with Crippen LogP contribution in [0.2, 0.25) is 0 Å². The Bertz CT molecular complexity index is 449. The lowest BCUT2D eigenvalue weighted by Crippen LogP contribution is -2.09. The molecule has 6 nitrogen and oxygen atoms in total. The zero-order chi connectivity index (χ0) is 13.0. The Morgan fingerprint density at radius 1 is 1.47 bits per heavy atom. The van der Waals surface area contributed by atoms with Crippen molar-refractivity contribution in [3.8, 4) is 5.75 Å². The van der Waals surface area contributed by atoms with Gasteiger partial charge in [0.2, 0.25) is 0 Å². The summed E-state index contributed by atoms with van der Waals surface area (Å²) < 4.78 is 32.4. The Kier molecular flexibility index (Phi) is 3.91. The zero-order valence-electron chi connectivity index (χ0n) is 8.55. The van der Waals surface area contributed by atoms with Gasteiger partial charge in [-0.3, -0.25) is 10.1 Å². The summed E-state index contributed by atoms with van der Waals surface area (Å²) in [5.74, 6) is -1.47. The van der Waals surface area contributed by atoms with Crippen molar-refractivity contribution in [2.45, 2.75) is 6.61 Å². The van der Waals surface area contributed by atoms with Crippen LogP contribution in [0.4, 0.5) is 14.5 Å². The van der Waals surface area contributed by atoms with Crippen molar-refractivity contribution in [2.24, 2.45) is 0 Å². The normalized spacial score (nSPS) is 10.1. The molecule has 0 spiro atoms. The van der Waals surface area contributed by atoms with Gasteiger partial charge in [-0.2, -0.15) is 8.78 Å². The molecule has 17 heavy (non-hydrogen) atoms. The Morgan fingerprint density at radius 3 is 2.59 bits per heavy atom. The number of alkyl halides is 2. The number of rotatable bonds is 4. The molecule has 0 bridgehead atoms. The highest BCUT2D eigenvalue weighted by Crippen LogP contribution is 2.26. The van der Waals surface area contributed by atoms with Gasteiger partial charge in [0.1, 0.15) is 11.3 Å². The molecule has 0 saturated heterocycles. The van der Waals surface area contributed by atoms with Crippen LogP contribution in [-0.4, -0.2) is 24.6 Å². The van der Waals surface area contributed by atoms with Crippen LogP contribution in [0, 0.1) is 10.1 Å². The first-order chi connectivity index (χ1) is 7.95. The first-order valence-electron chi connectivity index (χ1n) is 4.27. The van der Waals surface area contributed by atoms with Crippen LogP contribution in [0.1, 0.15) is 10.4 Å². The predicted molar refractivity (Wildman–Crippen MR) is 51.1 cm³/mol. The van der Waals surface area contributed by atoms with Crippen LogP contribution in [0.5, 0.6) is 5.75 Å². The molecule has 0 aliphatic rings. The van der Waals surface area contributed by atoms with E-state index in [2.05, 4.69) is 9.47 Å². The van der Waals surface area contributed by atoms with Gasteiger partial charge in [-0.25, -0.2) is 4.79 Å². The molecule has 1 aromatic rings. The van der Waals surface area contributed by atoms with Crippen LogP contribution < -0.4 is 4.74 Å². The molecule has 0 atom stereocenters. The van der Waals surface area contributed by atoms with Crippen LogP contribution in [0.3, 0.4) is 0 Å². The summed E-state index contributed by atoms with van der Waals surface area (Å²) in [6, 6.07) is 2.67. The third-order valence-corrected chi connectivity index (χ3v) is 1.80. The lowest BCUT2D eigenvalue weighted by atomic mass is 10.2. The fourth-order valence-electron chi connectivity index (χ4n) is 1.10. The molecule has 0 aliphatic carbocycles. The second kappa shape index (κ2) is 5.19. The summed E-state index contributed by atoms with van der Waals surface area (Å²) in [5, 5.41) is 10.5. The first-order valence-corrected chi connectivity index (χ1v) is 4.27. The number of nitro benzene ring substituents is 1. The number of hydrogen-bond acceptors (Lipinski definition) is 5. The lowest BCUT2D eigenvalue weighted by molar-refractivity contribution is -0.384. The maximum atomic E-state index is 12.0. The molecule has 0 radical (unpaired) electrons. The topological polar surface area (TPSA) is 78.7 Å². The number of esters is 1. The molecule has 0 heterocycles. The van der Waals surface area contributed by atoms with E-state index >= 15 is 0 Å². The Balaban J connectivity index is 3.21. The molecule has 0 amide bonds. The Labute approximate surface area is 93.9 Å². The number of nitrogens with zero attached hydrogens (tertiary/aromatic N) is 1. The van der Waals surface area contributed by atoms with Gasteiger partial charge in [0, 0.05) is 12.1 Å². The smallest absolute Gasteiger partial charge is 0.387 e. The molecular formula is C9H7F2NO5. The van der Waals surface area contributed by atoms with E-state index < -0.39 is 34.5 Å². The Morgan fingerprint density at radius 2 is 2.12 bits per heavy atom. The van der Waals surface area contributed by atoms with Gasteiger partial charge in [0.05, 0.1) is 12.0 Å². The highest BCUT2D eigenvalue weighted by Gasteiger charge is 2.20. The Hall–Kier alpha value is -2.25. The van der Waals surface area contributed by atoms with Crippen LogP contribution >= 0.6 is 0 Å². The monoisotopic (exact) mass is 247 g/mol. The molecule has 0 fully saturated rings. The fourth-order valence-corrected chi connectivity index (χ4v) is 1.10. The molecule has 0 saturated carbocycles. The van der Waals surface area contributed by atoms with Gasteiger partial charge in [-0.15, -0.1) is 0 Å². The maximum absolute atomic E-state index is 12.0. The average Bonchev–Trinajstić information content (AvgIpc) is 2.27. The predicted octanol–water partition coefficient (Wildman–Crippen LogP) is 1.98. The minimum absolute atomic E-state index is 0.424. The summed E-state index contributed by atoms with van der Waals surface area (Å²) in [5.41, 5.74) is -0.853. The van der Waals surface area contributed by atoms with Crippen LogP contribution in [0.15, 0.2) is 18.2 Å². The van der Waals surface area contributed by atoms with Gasteiger partial charge >= 0.3 is 12.6 Å². The quantitative estimate of drug-likeness (QED) is 0.461. The van der Waals surface area contributed by atoms with Gasteiger partial charge < -0.3 is 9.47 Å². The van der Waals surface area contributed by atoms with Gasteiger partial charge in [-0.05, 0) is 6.07 Å². The molecule has 0 N–H and O–H groups in total. The van der Waals surface area contributed by atoms with Crippen LogP contribution in [0.25, 0.3) is 0 Å². The number of ether oxygens (including phenoxy) is 2. The van der Waals surface area contributed by atoms with Crippen molar-refractivity contribution in [3.05, 3.63) is 33.9 Å². The maximum Gasteiger partial charge on any atom is 0.387 e. The van der Waals surface area contributed by atoms with Gasteiger partial charge in [-0.1, -0.05) is 0 Å². The van der Waals surface area contributed by atoms with E-state index in [1.807, 2.05) is 0 Å². The molecule has 92 valence electrons. The van der Waals surface area contributed by atoms with E-state index in [0.717, 1.165) is 25.3 Å². The molecule has 0 aromatic heterocycles. The van der Waals surface area contributed by atoms with Gasteiger partial charge in [0.25, 0.3) is 5.69 Å². The lowest BCUT2D eigenvalue weighted by Gasteiger charge is -2.08. The van der Waals surface area contributed by atoms with Crippen molar-refractivity contribution < 1.29 is 28.0 Å². The third kappa shape index (κ3) is 3.10. The zero-order valence-corrected chi connectivity index (χ0v) is 8.55. The molecule has 0 unspecified atom stereocenters. The number of benzene rings is 1. The number of methoxy groups -OCH3 is 1. The van der Waals surface area contributed by atoms with Crippen molar-refractivity contribution in [1.82, 2.24) is 0 Å². The van der Waals surface area contributed by atoms with E-state index in [0.29, 0.717) is 0 Å². The van der Waals surface area contributed by atoms with Crippen molar-refractivity contribution in [2.75, 3.05) is 7.11 Å². The number of carbonyl (C=O) groups excluding carboxylic acids is 1. The highest BCUT2D eigenvalue weighted by atomic mass is 19.3. The van der Waals surface area contributed by atoms with Crippen LogP contribution in [-0.2, 0) is 4.74 Å². The molecule has 8 heteroatoms. The summed E-state index contributed by atoms with van der Waals surface area (Å²) in [6.07, 6.45) is 0. The minimum atomic E-state index is -3.14.